The molecule has 6 heteroatoms. The Balaban J connectivity index is 1.79. The molecule has 1 aromatic rings. The Bertz CT molecular complexity index is 577. The molecule has 138 valence electrons. The number of carbonyl (C=O) groups is 2. The first kappa shape index (κ1) is 19.4. The van der Waals surface area contributed by atoms with Gasteiger partial charge in [-0.25, -0.2) is 0 Å². The smallest absolute Gasteiger partial charge is 0.226 e. The Kier molecular flexibility index (Phi) is 7.40. The van der Waals surface area contributed by atoms with Crippen LogP contribution in [0.15, 0.2) is 18.2 Å². The molecule has 1 aliphatic rings. The Morgan fingerprint density at radius 2 is 1.76 bits per heavy atom. The highest BCUT2D eigenvalue weighted by Crippen LogP contribution is 2.14. The van der Waals surface area contributed by atoms with E-state index < -0.39 is 0 Å². The number of aryl methyl sites for hydroxylation is 2. The van der Waals surface area contributed by atoms with Gasteiger partial charge < -0.3 is 15.0 Å². The van der Waals surface area contributed by atoms with E-state index in [0.29, 0.717) is 19.5 Å². The number of hydrogen-bond donors (Lipinski definition) is 1. The number of morpholine rings is 1. The summed E-state index contributed by atoms with van der Waals surface area (Å²) in [5.41, 5.74) is 3.04. The molecular weight excluding hydrogens is 318 g/mol. The Morgan fingerprint density at radius 3 is 2.36 bits per heavy atom. The lowest BCUT2D eigenvalue weighted by Crippen LogP contribution is -2.43. The van der Waals surface area contributed by atoms with Gasteiger partial charge in [0.05, 0.1) is 13.2 Å². The van der Waals surface area contributed by atoms with Gasteiger partial charge >= 0.3 is 0 Å². The largest absolute Gasteiger partial charge is 0.379 e. The fourth-order valence-electron chi connectivity index (χ4n) is 3.02. The molecule has 1 fully saturated rings. The number of anilines is 1. The fraction of sp³-hybridized carbons (Fsp3) is 0.579. The molecule has 0 aliphatic carbocycles. The SMILES string of the molecule is CC(=O)N(CCC(=O)Nc1cc(C)cc(C)c1)CCN1CCOCC1. The molecule has 2 amide bonds. The van der Waals surface area contributed by atoms with Crippen molar-refractivity contribution >= 4 is 17.5 Å². The van der Waals surface area contributed by atoms with Gasteiger partial charge in [0.25, 0.3) is 0 Å². The summed E-state index contributed by atoms with van der Waals surface area (Å²) >= 11 is 0. The lowest BCUT2D eigenvalue weighted by atomic mass is 10.1. The van der Waals surface area contributed by atoms with Gasteiger partial charge in [0.1, 0.15) is 0 Å². The zero-order valence-electron chi connectivity index (χ0n) is 15.5. The Morgan fingerprint density at radius 1 is 1.12 bits per heavy atom. The van der Waals surface area contributed by atoms with Gasteiger partial charge in [-0.2, -0.15) is 0 Å². The van der Waals surface area contributed by atoms with Crippen LogP contribution in [-0.4, -0.2) is 67.6 Å². The third kappa shape index (κ3) is 6.84. The number of carbonyl (C=O) groups excluding carboxylic acids is 2. The Labute approximate surface area is 150 Å². The van der Waals surface area contributed by atoms with Crippen molar-refractivity contribution in [1.29, 1.82) is 0 Å². The zero-order chi connectivity index (χ0) is 18.2. The van der Waals surface area contributed by atoms with Crippen LogP contribution in [0.5, 0.6) is 0 Å². The van der Waals surface area contributed by atoms with Crippen LogP contribution in [-0.2, 0) is 14.3 Å². The van der Waals surface area contributed by atoms with Crippen molar-refractivity contribution in [1.82, 2.24) is 9.80 Å². The molecule has 0 unspecified atom stereocenters. The molecule has 0 bridgehead atoms. The van der Waals surface area contributed by atoms with Crippen LogP contribution in [0.2, 0.25) is 0 Å². The number of nitrogens with one attached hydrogen (secondary N) is 1. The van der Waals surface area contributed by atoms with Gasteiger partial charge in [0, 0.05) is 51.8 Å². The summed E-state index contributed by atoms with van der Waals surface area (Å²) < 4.78 is 5.33. The number of ether oxygens (including phenoxy) is 1. The molecule has 0 radical (unpaired) electrons. The third-order valence-corrected chi connectivity index (χ3v) is 4.35. The second-order valence-corrected chi connectivity index (χ2v) is 6.63. The first-order chi connectivity index (χ1) is 11.9. The van der Waals surface area contributed by atoms with Gasteiger partial charge in [-0.3, -0.25) is 14.5 Å². The quantitative estimate of drug-likeness (QED) is 0.817. The van der Waals surface area contributed by atoms with Gasteiger partial charge in [0.2, 0.25) is 11.8 Å². The molecule has 0 aromatic heterocycles. The second kappa shape index (κ2) is 9.53. The number of hydrogen-bond acceptors (Lipinski definition) is 4. The van der Waals surface area contributed by atoms with Crippen molar-refractivity contribution < 1.29 is 14.3 Å². The third-order valence-electron chi connectivity index (χ3n) is 4.35. The van der Waals surface area contributed by atoms with E-state index in [4.69, 9.17) is 4.74 Å². The summed E-state index contributed by atoms with van der Waals surface area (Å²) in [6.45, 7) is 10.8. The van der Waals surface area contributed by atoms with E-state index in [9.17, 15) is 9.59 Å². The summed E-state index contributed by atoms with van der Waals surface area (Å²) in [6.07, 6.45) is 0.301. The molecule has 25 heavy (non-hydrogen) atoms. The minimum Gasteiger partial charge on any atom is -0.379 e. The van der Waals surface area contributed by atoms with Crippen molar-refractivity contribution in [3.63, 3.8) is 0 Å². The lowest BCUT2D eigenvalue weighted by Gasteiger charge is -2.29. The predicted molar refractivity (Wildman–Crippen MR) is 98.7 cm³/mol. The van der Waals surface area contributed by atoms with Crippen LogP contribution < -0.4 is 5.32 Å². The van der Waals surface area contributed by atoms with Crippen molar-refractivity contribution in [3.05, 3.63) is 29.3 Å². The van der Waals surface area contributed by atoms with Gasteiger partial charge in [-0.15, -0.1) is 0 Å². The maximum absolute atomic E-state index is 12.2. The molecule has 2 rings (SSSR count). The summed E-state index contributed by atoms with van der Waals surface area (Å²) in [7, 11) is 0. The minimum absolute atomic E-state index is 0.00691. The average Bonchev–Trinajstić information content (AvgIpc) is 2.54. The fourth-order valence-corrected chi connectivity index (χ4v) is 3.02. The van der Waals surface area contributed by atoms with Crippen LogP contribution in [0.1, 0.15) is 24.5 Å². The summed E-state index contributed by atoms with van der Waals surface area (Å²) in [5.74, 6) is -0.0601. The molecule has 0 spiro atoms. The van der Waals surface area contributed by atoms with Crippen molar-refractivity contribution in [2.45, 2.75) is 27.2 Å². The molecular formula is C19H29N3O3. The lowest BCUT2D eigenvalue weighted by molar-refractivity contribution is -0.129. The van der Waals surface area contributed by atoms with Crippen LogP contribution in [0.4, 0.5) is 5.69 Å². The van der Waals surface area contributed by atoms with Gasteiger partial charge in [0.15, 0.2) is 0 Å². The Hall–Kier alpha value is -1.92. The standard InChI is InChI=1S/C19H29N3O3/c1-15-12-16(2)14-18(13-15)20-19(24)4-5-22(17(3)23)7-6-21-8-10-25-11-9-21/h12-14H,4-11H2,1-3H3,(H,20,24). The van der Waals surface area contributed by atoms with E-state index in [1.807, 2.05) is 26.0 Å². The van der Waals surface area contributed by atoms with Crippen LogP contribution >= 0.6 is 0 Å². The first-order valence-electron chi connectivity index (χ1n) is 8.88. The van der Waals surface area contributed by atoms with E-state index in [0.717, 1.165) is 49.7 Å². The van der Waals surface area contributed by atoms with Crippen molar-refractivity contribution in [3.8, 4) is 0 Å². The average molecular weight is 347 g/mol. The molecule has 1 heterocycles. The minimum atomic E-state index is -0.0670. The molecule has 0 saturated carbocycles. The number of rotatable bonds is 7. The van der Waals surface area contributed by atoms with Crippen LogP contribution in [0.25, 0.3) is 0 Å². The predicted octanol–water partition coefficient (Wildman–Crippen LogP) is 1.81. The van der Waals surface area contributed by atoms with E-state index in [1.54, 1.807) is 11.8 Å². The molecule has 0 atom stereocenters. The summed E-state index contributed by atoms with van der Waals surface area (Å²) in [5, 5.41) is 2.92. The monoisotopic (exact) mass is 347 g/mol. The molecule has 1 N–H and O–H groups in total. The number of amides is 2. The van der Waals surface area contributed by atoms with E-state index in [2.05, 4.69) is 16.3 Å². The molecule has 1 aliphatic heterocycles. The van der Waals surface area contributed by atoms with Gasteiger partial charge in [-0.1, -0.05) is 6.07 Å². The summed E-state index contributed by atoms with van der Waals surface area (Å²) in [6, 6.07) is 5.97. The maximum Gasteiger partial charge on any atom is 0.226 e. The zero-order valence-corrected chi connectivity index (χ0v) is 15.5. The van der Waals surface area contributed by atoms with Crippen LogP contribution in [0, 0.1) is 13.8 Å². The maximum atomic E-state index is 12.2. The molecule has 1 aromatic carbocycles. The van der Waals surface area contributed by atoms with Crippen LogP contribution in [0.3, 0.4) is 0 Å². The number of nitrogens with zero attached hydrogens (tertiary/aromatic N) is 2. The normalized spacial score (nSPS) is 15.0. The molecule has 6 nitrogen and oxygen atoms in total. The van der Waals surface area contributed by atoms with E-state index in [1.165, 1.54) is 0 Å². The first-order valence-corrected chi connectivity index (χ1v) is 8.88. The second-order valence-electron chi connectivity index (χ2n) is 6.63. The van der Waals surface area contributed by atoms with Crippen molar-refractivity contribution in [2.75, 3.05) is 51.3 Å². The molecule has 1 saturated heterocycles. The highest BCUT2D eigenvalue weighted by Gasteiger charge is 2.15. The van der Waals surface area contributed by atoms with Crippen molar-refractivity contribution in [2.24, 2.45) is 0 Å². The van der Waals surface area contributed by atoms with Gasteiger partial charge in [-0.05, 0) is 37.1 Å². The highest BCUT2D eigenvalue weighted by atomic mass is 16.5. The summed E-state index contributed by atoms with van der Waals surface area (Å²) in [4.78, 5) is 28.1. The van der Waals surface area contributed by atoms with E-state index >= 15 is 0 Å². The topological polar surface area (TPSA) is 61.9 Å². The number of benzene rings is 1. The highest BCUT2D eigenvalue weighted by molar-refractivity contribution is 5.91. The van der Waals surface area contributed by atoms with E-state index in [-0.39, 0.29) is 11.8 Å².